The van der Waals surface area contributed by atoms with Gasteiger partial charge in [-0.05, 0) is 36.6 Å². The number of carbonyl (C=O) groups is 2. The molecule has 1 aromatic carbocycles. The first-order valence-electron chi connectivity index (χ1n) is 11.2. The van der Waals surface area contributed by atoms with Crippen LogP contribution in [0.5, 0.6) is 5.75 Å². The van der Waals surface area contributed by atoms with Crippen LogP contribution in [0.1, 0.15) is 37.2 Å². The van der Waals surface area contributed by atoms with E-state index in [0.29, 0.717) is 44.2 Å². The third-order valence-corrected chi connectivity index (χ3v) is 5.71. The second kappa shape index (κ2) is 11.5. The summed E-state index contributed by atoms with van der Waals surface area (Å²) in [6.45, 7) is 8.16. The van der Waals surface area contributed by atoms with Gasteiger partial charge in [0.05, 0.1) is 13.3 Å². The number of hydrogen-bond acceptors (Lipinski definition) is 6. The molecule has 0 radical (unpaired) electrons. The van der Waals surface area contributed by atoms with Crippen molar-refractivity contribution in [2.45, 2.75) is 26.7 Å². The van der Waals surface area contributed by atoms with Crippen molar-refractivity contribution in [2.75, 3.05) is 51.3 Å². The number of methoxy groups -OCH3 is 1. The van der Waals surface area contributed by atoms with Gasteiger partial charge < -0.3 is 19.4 Å². The highest BCUT2D eigenvalue weighted by Crippen LogP contribution is 2.20. The van der Waals surface area contributed by atoms with Crippen LogP contribution in [0.4, 0.5) is 5.69 Å². The maximum Gasteiger partial charge on any atom is 0.274 e. The molecule has 8 heteroatoms. The summed E-state index contributed by atoms with van der Waals surface area (Å²) in [4.78, 5) is 39.8. The molecule has 0 bridgehead atoms. The highest BCUT2D eigenvalue weighted by molar-refractivity contribution is 5.92. The van der Waals surface area contributed by atoms with E-state index in [2.05, 4.69) is 28.7 Å². The number of benzene rings is 1. The van der Waals surface area contributed by atoms with E-state index in [9.17, 15) is 9.59 Å². The van der Waals surface area contributed by atoms with Crippen LogP contribution in [0.3, 0.4) is 0 Å². The molecular formula is C24H33N5O3. The minimum Gasteiger partial charge on any atom is -0.497 e. The number of carbonyl (C=O) groups excluding carboxylic acids is 2. The lowest BCUT2D eigenvalue weighted by Gasteiger charge is -2.36. The SMILES string of the molecule is COc1ccc(N2CCN(C(=O)CCN(CCC(C)C)C(=O)c3cnccn3)CC2)cc1. The predicted octanol–water partition coefficient (Wildman–Crippen LogP) is 2.71. The molecule has 1 aliphatic rings. The van der Waals surface area contributed by atoms with Gasteiger partial charge in [-0.3, -0.25) is 14.6 Å². The number of hydrogen-bond donors (Lipinski definition) is 0. The molecule has 2 amide bonds. The van der Waals surface area contributed by atoms with E-state index in [0.717, 1.165) is 30.9 Å². The van der Waals surface area contributed by atoms with Crippen LogP contribution in [-0.2, 0) is 4.79 Å². The first-order chi connectivity index (χ1) is 15.5. The fourth-order valence-corrected chi connectivity index (χ4v) is 3.70. The zero-order chi connectivity index (χ0) is 22.9. The molecule has 0 unspecified atom stereocenters. The normalized spacial score (nSPS) is 13.9. The summed E-state index contributed by atoms with van der Waals surface area (Å²) >= 11 is 0. The van der Waals surface area contributed by atoms with E-state index < -0.39 is 0 Å². The lowest BCUT2D eigenvalue weighted by atomic mass is 10.1. The molecule has 0 aliphatic carbocycles. The number of ether oxygens (including phenoxy) is 1. The monoisotopic (exact) mass is 439 g/mol. The van der Waals surface area contributed by atoms with Crippen molar-refractivity contribution in [3.63, 3.8) is 0 Å². The highest BCUT2D eigenvalue weighted by atomic mass is 16.5. The Morgan fingerprint density at radius 1 is 1.06 bits per heavy atom. The van der Waals surface area contributed by atoms with Crippen LogP contribution in [0, 0.1) is 5.92 Å². The lowest BCUT2D eigenvalue weighted by Crippen LogP contribution is -2.49. The van der Waals surface area contributed by atoms with E-state index in [1.165, 1.54) is 12.4 Å². The highest BCUT2D eigenvalue weighted by Gasteiger charge is 2.23. The molecule has 1 aliphatic heterocycles. The molecule has 0 saturated carbocycles. The molecule has 1 aromatic heterocycles. The molecule has 32 heavy (non-hydrogen) atoms. The second-order valence-electron chi connectivity index (χ2n) is 8.38. The van der Waals surface area contributed by atoms with Gasteiger partial charge >= 0.3 is 0 Å². The molecular weight excluding hydrogens is 406 g/mol. The Morgan fingerprint density at radius 2 is 1.78 bits per heavy atom. The third-order valence-electron chi connectivity index (χ3n) is 5.71. The number of aromatic nitrogens is 2. The van der Waals surface area contributed by atoms with Crippen LogP contribution >= 0.6 is 0 Å². The van der Waals surface area contributed by atoms with Crippen molar-refractivity contribution in [2.24, 2.45) is 5.92 Å². The Kier molecular flexibility index (Phi) is 8.41. The standard InChI is InChI=1S/C24H33N5O3/c1-19(2)8-12-29(24(31)22-18-25-10-11-26-22)13-9-23(30)28-16-14-27(15-17-28)20-4-6-21(32-3)7-5-20/h4-7,10-11,18-19H,8-9,12-17H2,1-3H3. The molecule has 1 fully saturated rings. The van der Waals surface area contributed by atoms with Gasteiger partial charge in [-0.1, -0.05) is 13.8 Å². The first kappa shape index (κ1) is 23.5. The number of rotatable bonds is 9. The molecule has 3 rings (SSSR count). The van der Waals surface area contributed by atoms with Gasteiger partial charge in [-0.2, -0.15) is 0 Å². The van der Waals surface area contributed by atoms with Crippen molar-refractivity contribution in [1.29, 1.82) is 0 Å². The van der Waals surface area contributed by atoms with Gasteiger partial charge in [0.15, 0.2) is 0 Å². The molecule has 172 valence electrons. The van der Waals surface area contributed by atoms with E-state index in [1.807, 2.05) is 29.2 Å². The van der Waals surface area contributed by atoms with Crippen molar-refractivity contribution in [3.8, 4) is 5.75 Å². The van der Waals surface area contributed by atoms with Crippen LogP contribution in [0.2, 0.25) is 0 Å². The predicted molar refractivity (Wildman–Crippen MR) is 124 cm³/mol. The van der Waals surface area contributed by atoms with E-state index in [4.69, 9.17) is 4.74 Å². The fourth-order valence-electron chi connectivity index (χ4n) is 3.70. The van der Waals surface area contributed by atoms with E-state index in [-0.39, 0.29) is 11.8 Å². The van der Waals surface area contributed by atoms with Crippen molar-refractivity contribution in [3.05, 3.63) is 48.5 Å². The van der Waals surface area contributed by atoms with Gasteiger partial charge in [0.2, 0.25) is 5.91 Å². The molecule has 2 aromatic rings. The number of piperazine rings is 1. The van der Waals surface area contributed by atoms with Crippen molar-refractivity contribution in [1.82, 2.24) is 19.8 Å². The van der Waals surface area contributed by atoms with Gasteiger partial charge in [0, 0.05) is 63.8 Å². The van der Waals surface area contributed by atoms with Crippen LogP contribution in [-0.4, -0.2) is 78.0 Å². The Morgan fingerprint density at radius 3 is 2.38 bits per heavy atom. The zero-order valence-electron chi connectivity index (χ0n) is 19.2. The Bertz CT molecular complexity index is 865. The second-order valence-corrected chi connectivity index (χ2v) is 8.38. The maximum absolute atomic E-state index is 12.9. The van der Waals surface area contributed by atoms with Crippen molar-refractivity contribution < 1.29 is 14.3 Å². The third kappa shape index (κ3) is 6.42. The van der Waals surface area contributed by atoms with Crippen LogP contribution in [0.25, 0.3) is 0 Å². The average molecular weight is 440 g/mol. The largest absolute Gasteiger partial charge is 0.497 e. The summed E-state index contributed by atoms with van der Waals surface area (Å²) in [7, 11) is 1.66. The molecule has 2 heterocycles. The molecule has 0 spiro atoms. The summed E-state index contributed by atoms with van der Waals surface area (Å²) in [6, 6.07) is 7.99. The minimum absolute atomic E-state index is 0.0841. The van der Waals surface area contributed by atoms with Crippen LogP contribution in [0.15, 0.2) is 42.9 Å². The summed E-state index contributed by atoms with van der Waals surface area (Å²) in [5.41, 5.74) is 1.45. The minimum atomic E-state index is -0.170. The van der Waals surface area contributed by atoms with Crippen LogP contribution < -0.4 is 9.64 Å². The van der Waals surface area contributed by atoms with E-state index in [1.54, 1.807) is 18.2 Å². The summed E-state index contributed by atoms with van der Waals surface area (Å²) < 4.78 is 5.22. The van der Waals surface area contributed by atoms with Gasteiger partial charge in [0.1, 0.15) is 11.4 Å². The number of anilines is 1. The number of nitrogens with zero attached hydrogens (tertiary/aromatic N) is 5. The summed E-state index contributed by atoms with van der Waals surface area (Å²) in [5.74, 6) is 1.21. The van der Waals surface area contributed by atoms with Gasteiger partial charge in [-0.15, -0.1) is 0 Å². The quantitative estimate of drug-likeness (QED) is 0.598. The topological polar surface area (TPSA) is 78.9 Å². The van der Waals surface area contributed by atoms with Gasteiger partial charge in [-0.25, -0.2) is 4.98 Å². The fraction of sp³-hybridized carbons (Fsp3) is 0.500. The van der Waals surface area contributed by atoms with Crippen molar-refractivity contribution >= 4 is 17.5 Å². The molecule has 0 atom stereocenters. The van der Waals surface area contributed by atoms with E-state index >= 15 is 0 Å². The number of amides is 2. The van der Waals surface area contributed by atoms with Gasteiger partial charge in [0.25, 0.3) is 5.91 Å². The maximum atomic E-state index is 12.9. The summed E-state index contributed by atoms with van der Waals surface area (Å²) in [5, 5.41) is 0. The Labute approximate surface area is 190 Å². The molecule has 1 saturated heterocycles. The molecule has 8 nitrogen and oxygen atoms in total. The average Bonchev–Trinajstić information content (AvgIpc) is 2.84. The Balaban J connectivity index is 1.52. The summed E-state index contributed by atoms with van der Waals surface area (Å²) in [6.07, 6.45) is 5.73. The zero-order valence-corrected chi connectivity index (χ0v) is 19.2. The first-order valence-corrected chi connectivity index (χ1v) is 11.2. The lowest BCUT2D eigenvalue weighted by molar-refractivity contribution is -0.131. The molecule has 0 N–H and O–H groups in total. The smallest absolute Gasteiger partial charge is 0.274 e. The Hall–Kier alpha value is -3.16.